The van der Waals surface area contributed by atoms with Gasteiger partial charge in [-0.15, -0.1) is 0 Å². The van der Waals surface area contributed by atoms with Gasteiger partial charge >= 0.3 is 11.9 Å². The number of carbonyl (C=O) groups excluding carboxylic acids is 2. The molecule has 0 radical (unpaired) electrons. The summed E-state index contributed by atoms with van der Waals surface area (Å²) in [6.07, 6.45) is -0.0911. The van der Waals surface area contributed by atoms with Crippen molar-refractivity contribution in [1.29, 1.82) is 0 Å². The molecule has 2 rings (SSSR count). The summed E-state index contributed by atoms with van der Waals surface area (Å²) in [7, 11) is 1.56. The molecular formula is C22H25ClO5. The Balaban J connectivity index is 2.24. The molecule has 0 saturated carbocycles. The van der Waals surface area contributed by atoms with Gasteiger partial charge in [0.2, 0.25) is 5.60 Å². The van der Waals surface area contributed by atoms with Crippen molar-refractivity contribution in [2.45, 2.75) is 39.7 Å². The molecule has 0 aliphatic rings. The van der Waals surface area contributed by atoms with Crippen LogP contribution in [0.4, 0.5) is 0 Å². The largest absolute Gasteiger partial charge is 0.496 e. The van der Waals surface area contributed by atoms with Gasteiger partial charge in [0.1, 0.15) is 5.75 Å². The summed E-state index contributed by atoms with van der Waals surface area (Å²) in [6, 6.07) is 11.5. The molecule has 0 heterocycles. The maximum atomic E-state index is 12.4. The predicted octanol–water partition coefficient (Wildman–Crippen LogP) is 4.75. The van der Waals surface area contributed by atoms with Gasteiger partial charge in [-0.1, -0.05) is 41.4 Å². The van der Waals surface area contributed by atoms with Gasteiger partial charge in [-0.25, -0.2) is 4.79 Å². The highest BCUT2D eigenvalue weighted by atomic mass is 35.5. The van der Waals surface area contributed by atoms with Crippen LogP contribution in [0.3, 0.4) is 0 Å². The Bertz CT molecular complexity index is 856. The van der Waals surface area contributed by atoms with Gasteiger partial charge in [0.15, 0.2) is 0 Å². The van der Waals surface area contributed by atoms with Crippen molar-refractivity contribution < 1.29 is 23.8 Å². The van der Waals surface area contributed by atoms with Crippen molar-refractivity contribution in [3.63, 3.8) is 0 Å². The van der Waals surface area contributed by atoms with Crippen molar-refractivity contribution in [3.8, 4) is 16.9 Å². The van der Waals surface area contributed by atoms with Crippen molar-refractivity contribution >= 4 is 23.5 Å². The molecule has 0 saturated heterocycles. The number of methoxy groups -OCH3 is 1. The fourth-order valence-corrected chi connectivity index (χ4v) is 2.91. The zero-order valence-electron chi connectivity index (χ0n) is 16.8. The number of ether oxygens (including phenoxy) is 3. The van der Waals surface area contributed by atoms with E-state index in [4.69, 9.17) is 25.8 Å². The minimum absolute atomic E-state index is 0.0911. The second-order valence-electron chi connectivity index (χ2n) is 6.89. The first-order chi connectivity index (χ1) is 13.2. The van der Waals surface area contributed by atoms with E-state index in [2.05, 4.69) is 0 Å². The molecule has 150 valence electrons. The quantitative estimate of drug-likeness (QED) is 0.623. The number of benzene rings is 2. The Morgan fingerprint density at radius 3 is 2.32 bits per heavy atom. The average molecular weight is 405 g/mol. The maximum Gasteiger partial charge on any atom is 0.349 e. The topological polar surface area (TPSA) is 61.8 Å². The maximum absolute atomic E-state index is 12.4. The summed E-state index contributed by atoms with van der Waals surface area (Å²) in [5, 5.41) is 0.419. The summed E-state index contributed by atoms with van der Waals surface area (Å²) in [5.41, 5.74) is 2.13. The van der Waals surface area contributed by atoms with Crippen molar-refractivity contribution in [1.82, 2.24) is 0 Å². The lowest BCUT2D eigenvalue weighted by Gasteiger charge is -2.23. The lowest BCUT2D eigenvalue weighted by atomic mass is 10.00. The number of carbonyl (C=O) groups is 2. The molecule has 0 amide bonds. The molecule has 0 aliphatic heterocycles. The van der Waals surface area contributed by atoms with E-state index in [9.17, 15) is 9.59 Å². The molecule has 0 aliphatic carbocycles. The Labute approximate surface area is 170 Å². The minimum atomic E-state index is -1.37. The van der Waals surface area contributed by atoms with Gasteiger partial charge in [-0.3, -0.25) is 4.79 Å². The fraction of sp³-hybridized carbons (Fsp3) is 0.364. The Hall–Kier alpha value is -2.53. The smallest absolute Gasteiger partial charge is 0.349 e. The van der Waals surface area contributed by atoms with Crippen LogP contribution >= 0.6 is 11.6 Å². The van der Waals surface area contributed by atoms with Crippen molar-refractivity contribution in [3.05, 3.63) is 52.5 Å². The van der Waals surface area contributed by atoms with E-state index in [1.54, 1.807) is 26.2 Å². The molecule has 0 unspecified atom stereocenters. The summed E-state index contributed by atoms with van der Waals surface area (Å²) >= 11 is 6.41. The summed E-state index contributed by atoms with van der Waals surface area (Å²) < 4.78 is 15.7. The molecule has 0 bridgehead atoms. The Kier molecular flexibility index (Phi) is 7.08. The third-order valence-corrected chi connectivity index (χ3v) is 4.55. The number of hydrogen-bond donors (Lipinski definition) is 0. The van der Waals surface area contributed by atoms with E-state index in [0.717, 1.165) is 16.7 Å². The van der Waals surface area contributed by atoms with Crippen LogP contribution in [0.15, 0.2) is 36.4 Å². The first kappa shape index (κ1) is 21.8. The van der Waals surface area contributed by atoms with Gasteiger partial charge in [0.25, 0.3) is 0 Å². The molecule has 0 aromatic heterocycles. The normalized spacial score (nSPS) is 11.1. The van der Waals surface area contributed by atoms with Crippen LogP contribution < -0.4 is 4.74 Å². The predicted molar refractivity (Wildman–Crippen MR) is 109 cm³/mol. The molecule has 0 N–H and O–H groups in total. The van der Waals surface area contributed by atoms with Crippen LogP contribution in [-0.2, 0) is 25.5 Å². The van der Waals surface area contributed by atoms with Crippen LogP contribution in [0.2, 0.25) is 5.02 Å². The van der Waals surface area contributed by atoms with E-state index in [1.165, 1.54) is 13.8 Å². The lowest BCUT2D eigenvalue weighted by molar-refractivity contribution is -0.177. The first-order valence-electron chi connectivity index (χ1n) is 9.00. The van der Waals surface area contributed by atoms with Crippen LogP contribution in [0, 0.1) is 6.92 Å². The second kappa shape index (κ2) is 9.11. The monoisotopic (exact) mass is 404 g/mol. The van der Waals surface area contributed by atoms with E-state index in [1.807, 2.05) is 31.2 Å². The summed E-state index contributed by atoms with van der Waals surface area (Å²) in [5.74, 6) is -0.576. The van der Waals surface area contributed by atoms with Crippen molar-refractivity contribution in [2.24, 2.45) is 0 Å². The van der Waals surface area contributed by atoms with E-state index in [0.29, 0.717) is 16.3 Å². The van der Waals surface area contributed by atoms with Gasteiger partial charge in [-0.05, 0) is 51.0 Å². The third-order valence-electron chi connectivity index (χ3n) is 4.20. The number of hydrogen-bond acceptors (Lipinski definition) is 5. The zero-order chi connectivity index (χ0) is 20.9. The number of halogens is 1. The number of esters is 2. The van der Waals surface area contributed by atoms with Crippen LogP contribution in [-0.4, -0.2) is 31.3 Å². The standard InChI is InChI=1S/C22H25ClO5/c1-6-27-21(25)22(3,4)28-20(24)12-16-11-19(26-5)17(13-18(16)23)15-9-7-14(2)8-10-15/h7-11,13H,6,12H2,1-5H3. The molecule has 5 nitrogen and oxygen atoms in total. The molecule has 0 atom stereocenters. The number of rotatable bonds is 7. The highest BCUT2D eigenvalue weighted by Crippen LogP contribution is 2.35. The van der Waals surface area contributed by atoms with Crippen molar-refractivity contribution in [2.75, 3.05) is 13.7 Å². The fourth-order valence-electron chi connectivity index (χ4n) is 2.68. The molecule has 0 fully saturated rings. The van der Waals surface area contributed by atoms with Gasteiger partial charge < -0.3 is 14.2 Å². The number of aryl methyl sites for hydroxylation is 1. The van der Waals surface area contributed by atoms with Gasteiger partial charge in [0.05, 0.1) is 20.1 Å². The minimum Gasteiger partial charge on any atom is -0.496 e. The van der Waals surface area contributed by atoms with E-state index < -0.39 is 17.5 Å². The van der Waals surface area contributed by atoms with Crippen LogP contribution in [0.5, 0.6) is 5.75 Å². The highest BCUT2D eigenvalue weighted by molar-refractivity contribution is 6.32. The average Bonchev–Trinajstić information content (AvgIpc) is 2.63. The van der Waals surface area contributed by atoms with Gasteiger partial charge in [-0.2, -0.15) is 0 Å². The molecule has 0 spiro atoms. The summed E-state index contributed by atoms with van der Waals surface area (Å²) in [4.78, 5) is 24.3. The second-order valence-corrected chi connectivity index (χ2v) is 7.30. The van der Waals surface area contributed by atoms with Crippen LogP contribution in [0.1, 0.15) is 31.9 Å². The SMILES string of the molecule is CCOC(=O)C(C)(C)OC(=O)Cc1cc(OC)c(-c2ccc(C)cc2)cc1Cl. The third kappa shape index (κ3) is 5.26. The molecule has 2 aromatic carbocycles. The zero-order valence-corrected chi connectivity index (χ0v) is 17.6. The van der Waals surface area contributed by atoms with Crippen LogP contribution in [0.25, 0.3) is 11.1 Å². The molecule has 28 heavy (non-hydrogen) atoms. The molecule has 6 heteroatoms. The van der Waals surface area contributed by atoms with E-state index >= 15 is 0 Å². The Morgan fingerprint density at radius 2 is 1.75 bits per heavy atom. The highest BCUT2D eigenvalue weighted by Gasteiger charge is 2.33. The lowest BCUT2D eigenvalue weighted by Crippen LogP contribution is -2.39. The van der Waals surface area contributed by atoms with E-state index in [-0.39, 0.29) is 13.0 Å². The molecular weight excluding hydrogens is 380 g/mol. The Morgan fingerprint density at radius 1 is 1.11 bits per heavy atom. The molecule has 2 aromatic rings. The first-order valence-corrected chi connectivity index (χ1v) is 9.38. The summed E-state index contributed by atoms with van der Waals surface area (Å²) in [6.45, 7) is 6.90. The van der Waals surface area contributed by atoms with Gasteiger partial charge in [0, 0.05) is 10.6 Å².